The molecule has 2 amide bonds. The number of carbonyl (C=O) groups is 2. The zero-order valence-corrected chi connectivity index (χ0v) is 23.4. The number of anilines is 3. The number of carbonyl (C=O) groups excluding carboxylic acids is 2. The van der Waals surface area contributed by atoms with Crippen LogP contribution in [0.15, 0.2) is 78.9 Å². The zero-order valence-electron chi connectivity index (χ0n) is 23.4. The highest BCUT2D eigenvalue weighted by Crippen LogP contribution is 2.26. The van der Waals surface area contributed by atoms with Crippen LogP contribution in [-0.4, -0.2) is 49.6 Å². The molecule has 3 aromatic rings. The summed E-state index contributed by atoms with van der Waals surface area (Å²) < 4.78 is 5.46. The minimum absolute atomic E-state index is 0.0117. The van der Waals surface area contributed by atoms with Crippen LogP contribution in [0.25, 0.3) is 6.08 Å². The molecule has 3 aromatic carbocycles. The van der Waals surface area contributed by atoms with Gasteiger partial charge in [-0.25, -0.2) is 0 Å². The molecule has 0 aliphatic carbocycles. The van der Waals surface area contributed by atoms with Crippen LogP contribution in [0.3, 0.4) is 0 Å². The van der Waals surface area contributed by atoms with Crippen LogP contribution in [0.2, 0.25) is 0 Å². The largest absolute Gasteiger partial charge is 0.397 e. The van der Waals surface area contributed by atoms with E-state index >= 15 is 0 Å². The van der Waals surface area contributed by atoms with Crippen molar-refractivity contribution in [3.05, 3.63) is 95.6 Å². The van der Waals surface area contributed by atoms with Gasteiger partial charge in [0.25, 0.3) is 0 Å². The lowest BCUT2D eigenvalue weighted by molar-refractivity contribution is -0.117. The molecular formula is C33H40N4O3. The van der Waals surface area contributed by atoms with Gasteiger partial charge < -0.3 is 21.1 Å². The maximum Gasteiger partial charge on any atom is 0.248 e. The van der Waals surface area contributed by atoms with Crippen molar-refractivity contribution in [2.75, 3.05) is 49.2 Å². The van der Waals surface area contributed by atoms with E-state index in [2.05, 4.69) is 41.5 Å². The molecule has 1 heterocycles. The van der Waals surface area contributed by atoms with Crippen LogP contribution in [0.5, 0.6) is 0 Å². The van der Waals surface area contributed by atoms with Gasteiger partial charge in [0.2, 0.25) is 11.8 Å². The summed E-state index contributed by atoms with van der Waals surface area (Å²) in [6.45, 7) is 8.66. The number of benzene rings is 3. The summed E-state index contributed by atoms with van der Waals surface area (Å²) >= 11 is 0. The second-order valence-electron chi connectivity index (χ2n) is 10.5. The summed E-state index contributed by atoms with van der Waals surface area (Å²) in [6.07, 6.45) is 4.88. The summed E-state index contributed by atoms with van der Waals surface area (Å²) in [4.78, 5) is 28.3. The Balaban J connectivity index is 1.42. The van der Waals surface area contributed by atoms with E-state index in [0.717, 1.165) is 62.5 Å². The predicted molar refractivity (Wildman–Crippen MR) is 163 cm³/mol. The average Bonchev–Trinajstić information content (AvgIpc) is 2.96. The van der Waals surface area contributed by atoms with E-state index in [1.54, 1.807) is 18.2 Å². The Kier molecular flexibility index (Phi) is 10.5. The Morgan fingerprint density at radius 3 is 2.27 bits per heavy atom. The molecule has 0 aromatic heterocycles. The minimum atomic E-state index is -0.284. The number of nitrogens with two attached hydrogens (primary N) is 1. The Morgan fingerprint density at radius 1 is 0.925 bits per heavy atom. The Hall–Kier alpha value is -3.94. The van der Waals surface area contributed by atoms with E-state index in [0.29, 0.717) is 17.3 Å². The van der Waals surface area contributed by atoms with Crippen LogP contribution in [0.1, 0.15) is 55.2 Å². The summed E-state index contributed by atoms with van der Waals surface area (Å²) in [5.74, 6) is -0.116. The molecule has 1 aliphatic rings. The second-order valence-corrected chi connectivity index (χ2v) is 10.5. The van der Waals surface area contributed by atoms with E-state index in [1.165, 1.54) is 11.6 Å². The molecule has 0 bridgehead atoms. The number of para-hydroxylation sites is 2. The third-order valence-electron chi connectivity index (χ3n) is 7.22. The number of nitrogens with zero attached hydrogens (tertiary/aromatic N) is 1. The Morgan fingerprint density at radius 2 is 1.60 bits per heavy atom. The van der Waals surface area contributed by atoms with Gasteiger partial charge in [-0.1, -0.05) is 62.4 Å². The first-order chi connectivity index (χ1) is 19.4. The molecule has 210 valence electrons. The Bertz CT molecular complexity index is 1280. The fraction of sp³-hybridized carbons (Fsp3) is 0.333. The van der Waals surface area contributed by atoms with E-state index in [-0.39, 0.29) is 17.7 Å². The third-order valence-corrected chi connectivity index (χ3v) is 7.22. The number of rotatable bonds is 11. The first-order valence-electron chi connectivity index (χ1n) is 14.0. The van der Waals surface area contributed by atoms with E-state index < -0.39 is 0 Å². The molecule has 0 spiro atoms. The smallest absolute Gasteiger partial charge is 0.248 e. The van der Waals surface area contributed by atoms with Crippen molar-refractivity contribution in [1.82, 2.24) is 4.90 Å². The highest BCUT2D eigenvalue weighted by atomic mass is 16.5. The SMILES string of the molecule is CC(C)c1ccc(NC(=O)C(CCCN2CCOCC2)c2ccc(C=CC(=O)Nc3ccccc3N)cc2)cc1. The van der Waals surface area contributed by atoms with Gasteiger partial charge in [-0.15, -0.1) is 0 Å². The van der Waals surface area contributed by atoms with Crippen LogP contribution in [-0.2, 0) is 14.3 Å². The summed E-state index contributed by atoms with van der Waals surface area (Å²) in [6, 6.07) is 23.1. The van der Waals surface area contributed by atoms with Gasteiger partial charge in [-0.05, 0) is 72.3 Å². The van der Waals surface area contributed by atoms with Crippen molar-refractivity contribution < 1.29 is 14.3 Å². The molecule has 1 atom stereocenters. The third kappa shape index (κ3) is 8.53. The lowest BCUT2D eigenvalue weighted by Gasteiger charge is -2.27. The maximum atomic E-state index is 13.5. The minimum Gasteiger partial charge on any atom is -0.397 e. The summed E-state index contributed by atoms with van der Waals surface area (Å²) in [7, 11) is 0. The van der Waals surface area contributed by atoms with Crippen LogP contribution >= 0.6 is 0 Å². The quantitative estimate of drug-likeness (QED) is 0.209. The average molecular weight is 541 g/mol. The molecule has 4 rings (SSSR count). The van der Waals surface area contributed by atoms with Gasteiger partial charge in [-0.3, -0.25) is 14.5 Å². The normalized spacial score (nSPS) is 14.8. The number of morpholine rings is 1. The van der Waals surface area contributed by atoms with Crippen molar-refractivity contribution in [2.24, 2.45) is 0 Å². The molecule has 40 heavy (non-hydrogen) atoms. The van der Waals surface area contributed by atoms with Gasteiger partial charge in [0, 0.05) is 24.9 Å². The maximum absolute atomic E-state index is 13.5. The molecule has 1 aliphatic heterocycles. The topological polar surface area (TPSA) is 96.7 Å². The van der Waals surface area contributed by atoms with Crippen LogP contribution in [0.4, 0.5) is 17.1 Å². The Labute approximate surface area is 237 Å². The molecule has 1 fully saturated rings. The van der Waals surface area contributed by atoms with Gasteiger partial charge in [0.05, 0.1) is 30.5 Å². The monoisotopic (exact) mass is 540 g/mol. The highest BCUT2D eigenvalue weighted by Gasteiger charge is 2.21. The van der Waals surface area contributed by atoms with Crippen molar-refractivity contribution in [3.8, 4) is 0 Å². The van der Waals surface area contributed by atoms with Crippen LogP contribution < -0.4 is 16.4 Å². The fourth-order valence-corrected chi connectivity index (χ4v) is 4.77. The number of nitrogens with one attached hydrogen (secondary N) is 2. The zero-order chi connectivity index (χ0) is 28.3. The van der Waals surface area contributed by atoms with E-state index in [9.17, 15) is 9.59 Å². The number of ether oxygens (including phenoxy) is 1. The van der Waals surface area contributed by atoms with Gasteiger partial charge in [-0.2, -0.15) is 0 Å². The van der Waals surface area contributed by atoms with Crippen LogP contribution in [0, 0.1) is 0 Å². The molecule has 0 saturated carbocycles. The molecule has 7 nitrogen and oxygen atoms in total. The summed E-state index contributed by atoms with van der Waals surface area (Å²) in [5, 5.41) is 5.92. The van der Waals surface area contributed by atoms with Gasteiger partial charge in [0.15, 0.2) is 0 Å². The summed E-state index contributed by atoms with van der Waals surface area (Å²) in [5.41, 5.74) is 10.9. The lowest BCUT2D eigenvalue weighted by Crippen LogP contribution is -2.37. The number of hydrogen-bond donors (Lipinski definition) is 3. The van der Waals surface area contributed by atoms with E-state index in [1.807, 2.05) is 48.5 Å². The van der Waals surface area contributed by atoms with Gasteiger partial charge in [0.1, 0.15) is 0 Å². The van der Waals surface area contributed by atoms with Crippen molar-refractivity contribution in [2.45, 2.75) is 38.5 Å². The first-order valence-corrected chi connectivity index (χ1v) is 14.0. The first kappa shape index (κ1) is 29.1. The second kappa shape index (κ2) is 14.4. The molecule has 1 saturated heterocycles. The lowest BCUT2D eigenvalue weighted by atomic mass is 9.92. The number of hydrogen-bond acceptors (Lipinski definition) is 5. The molecule has 0 radical (unpaired) electrons. The van der Waals surface area contributed by atoms with E-state index in [4.69, 9.17) is 10.5 Å². The van der Waals surface area contributed by atoms with Gasteiger partial charge >= 0.3 is 0 Å². The standard InChI is InChI=1S/C33H40N4O3/c1-24(2)26-14-16-28(17-15-26)35-33(39)29(6-5-19-37-20-22-40-23-21-37)27-12-9-25(10-13-27)11-18-32(38)36-31-8-4-3-7-30(31)34/h3-4,7-18,24,29H,5-6,19-23,34H2,1-2H3,(H,35,39)(H,36,38). The van der Waals surface area contributed by atoms with Crippen molar-refractivity contribution in [3.63, 3.8) is 0 Å². The number of nitrogen functional groups attached to an aromatic ring is 1. The van der Waals surface area contributed by atoms with Crippen molar-refractivity contribution >= 4 is 35.0 Å². The molecule has 7 heteroatoms. The highest BCUT2D eigenvalue weighted by molar-refractivity contribution is 6.03. The molecular weight excluding hydrogens is 500 g/mol. The predicted octanol–water partition coefficient (Wildman–Crippen LogP) is 5.88. The number of amides is 2. The fourth-order valence-electron chi connectivity index (χ4n) is 4.77. The molecule has 4 N–H and O–H groups in total. The molecule has 1 unspecified atom stereocenters. The van der Waals surface area contributed by atoms with Crippen molar-refractivity contribution in [1.29, 1.82) is 0 Å².